The van der Waals surface area contributed by atoms with Crippen molar-refractivity contribution >= 4 is 5.91 Å². The number of amides is 1. The SMILES string of the molecule is C=CC1CCCN1C(=O)c1cc(-c2nnc([C@](C)(N)Cc3ccccc3)o2)cc(-c2ccccc2C#N)c1. The highest BCUT2D eigenvalue weighted by molar-refractivity contribution is 5.97. The minimum atomic E-state index is -0.886. The third-order valence-electron chi connectivity index (χ3n) is 6.95. The topological polar surface area (TPSA) is 109 Å². The Hall–Kier alpha value is -4.54. The Morgan fingerprint density at radius 1 is 1.16 bits per heavy atom. The molecule has 4 aromatic rings. The average Bonchev–Trinajstić information content (AvgIpc) is 3.63. The molecule has 1 aromatic heterocycles. The number of nitriles is 1. The standard InChI is InChI=1S/C31H29N5O2/c1-3-26-13-9-15-36(26)29(37)25-17-23(27-14-8-7-12-22(27)20-32)16-24(18-25)28-34-35-30(38-28)31(2,33)19-21-10-5-4-6-11-21/h3-8,10-12,14,16-18,26H,1,9,13,15,19,33H2,2H3/t26?,31-/m1/s1. The number of hydrogen-bond acceptors (Lipinski definition) is 6. The van der Waals surface area contributed by atoms with E-state index < -0.39 is 5.54 Å². The van der Waals surface area contributed by atoms with Crippen LogP contribution in [0.3, 0.4) is 0 Å². The van der Waals surface area contributed by atoms with E-state index in [1.54, 1.807) is 12.1 Å². The third kappa shape index (κ3) is 4.99. The molecule has 0 aliphatic carbocycles. The van der Waals surface area contributed by atoms with Gasteiger partial charge in [-0.3, -0.25) is 4.79 Å². The molecule has 0 bridgehead atoms. The molecule has 7 nitrogen and oxygen atoms in total. The van der Waals surface area contributed by atoms with E-state index in [0.717, 1.165) is 29.5 Å². The number of aromatic nitrogens is 2. The molecule has 0 saturated carbocycles. The van der Waals surface area contributed by atoms with E-state index in [0.29, 0.717) is 35.5 Å². The largest absolute Gasteiger partial charge is 0.419 e. The Labute approximate surface area is 222 Å². The molecule has 0 radical (unpaired) electrons. The van der Waals surface area contributed by atoms with Crippen LogP contribution in [0.2, 0.25) is 0 Å². The molecule has 7 heteroatoms. The number of carbonyl (C=O) groups is 1. The molecule has 38 heavy (non-hydrogen) atoms. The first kappa shape index (κ1) is 25.1. The number of carbonyl (C=O) groups excluding carboxylic acids is 1. The van der Waals surface area contributed by atoms with Gasteiger partial charge in [-0.15, -0.1) is 16.8 Å². The zero-order chi connectivity index (χ0) is 26.7. The average molecular weight is 504 g/mol. The lowest BCUT2D eigenvalue weighted by Crippen LogP contribution is -2.35. The molecule has 190 valence electrons. The maximum atomic E-state index is 13.6. The van der Waals surface area contributed by atoms with Gasteiger partial charge in [-0.2, -0.15) is 5.26 Å². The van der Waals surface area contributed by atoms with Gasteiger partial charge in [0.05, 0.1) is 23.2 Å². The first-order valence-corrected chi connectivity index (χ1v) is 12.6. The summed E-state index contributed by atoms with van der Waals surface area (Å²) in [4.78, 5) is 15.5. The number of likely N-dealkylation sites (tertiary alicyclic amines) is 1. The van der Waals surface area contributed by atoms with Gasteiger partial charge in [-0.05, 0) is 67.1 Å². The smallest absolute Gasteiger partial charge is 0.254 e. The van der Waals surface area contributed by atoms with E-state index in [4.69, 9.17) is 10.2 Å². The van der Waals surface area contributed by atoms with Gasteiger partial charge in [-0.1, -0.05) is 54.6 Å². The van der Waals surface area contributed by atoms with Gasteiger partial charge in [0.25, 0.3) is 5.91 Å². The van der Waals surface area contributed by atoms with Crippen molar-refractivity contribution < 1.29 is 9.21 Å². The lowest BCUT2D eigenvalue weighted by Gasteiger charge is -2.22. The fourth-order valence-corrected chi connectivity index (χ4v) is 4.98. The zero-order valence-corrected chi connectivity index (χ0v) is 21.3. The van der Waals surface area contributed by atoms with E-state index in [2.05, 4.69) is 22.8 Å². The number of rotatable bonds is 7. The Kier molecular flexibility index (Phi) is 6.91. The van der Waals surface area contributed by atoms with Gasteiger partial charge in [0, 0.05) is 17.7 Å². The number of hydrogen-bond donors (Lipinski definition) is 1. The minimum absolute atomic E-state index is 0.00746. The summed E-state index contributed by atoms with van der Waals surface area (Å²) in [5.41, 5.74) is 9.80. The van der Waals surface area contributed by atoms with E-state index in [9.17, 15) is 10.1 Å². The summed E-state index contributed by atoms with van der Waals surface area (Å²) in [6.45, 7) is 6.42. The number of nitrogens with two attached hydrogens (primary N) is 1. The lowest BCUT2D eigenvalue weighted by molar-refractivity contribution is 0.0762. The van der Waals surface area contributed by atoms with Gasteiger partial charge in [0.1, 0.15) is 0 Å². The van der Waals surface area contributed by atoms with Gasteiger partial charge >= 0.3 is 0 Å². The second kappa shape index (κ2) is 10.4. The molecule has 1 aliphatic rings. The monoisotopic (exact) mass is 503 g/mol. The van der Waals surface area contributed by atoms with Crippen LogP contribution in [0.4, 0.5) is 0 Å². The zero-order valence-electron chi connectivity index (χ0n) is 21.3. The summed E-state index contributed by atoms with van der Waals surface area (Å²) in [6, 6.07) is 24.9. The predicted molar refractivity (Wildman–Crippen MR) is 146 cm³/mol. The van der Waals surface area contributed by atoms with Gasteiger partial charge < -0.3 is 15.1 Å². The van der Waals surface area contributed by atoms with E-state index in [1.165, 1.54) is 0 Å². The highest BCUT2D eigenvalue weighted by atomic mass is 16.4. The first-order chi connectivity index (χ1) is 18.4. The van der Waals surface area contributed by atoms with Crippen molar-refractivity contribution in [3.8, 4) is 28.7 Å². The molecular formula is C31H29N5O2. The third-order valence-corrected chi connectivity index (χ3v) is 6.95. The van der Waals surface area contributed by atoms with Gasteiger partial charge in [-0.25, -0.2) is 0 Å². The molecule has 0 spiro atoms. The Balaban J connectivity index is 1.56. The fourth-order valence-electron chi connectivity index (χ4n) is 4.98. The van der Waals surface area contributed by atoms with Crippen molar-refractivity contribution in [2.45, 2.75) is 37.8 Å². The predicted octanol–water partition coefficient (Wildman–Crippen LogP) is 5.48. The fraction of sp³-hybridized carbons (Fsp3) is 0.226. The number of nitrogens with zero attached hydrogens (tertiary/aromatic N) is 4. The Bertz CT molecular complexity index is 1520. The maximum absolute atomic E-state index is 13.6. The second-order valence-electron chi connectivity index (χ2n) is 9.89. The lowest BCUT2D eigenvalue weighted by atomic mass is 9.94. The molecule has 1 fully saturated rings. The first-order valence-electron chi connectivity index (χ1n) is 12.6. The summed E-state index contributed by atoms with van der Waals surface area (Å²) in [7, 11) is 0. The summed E-state index contributed by atoms with van der Waals surface area (Å²) < 4.78 is 6.10. The summed E-state index contributed by atoms with van der Waals surface area (Å²) >= 11 is 0. The molecule has 1 saturated heterocycles. The van der Waals surface area contributed by atoms with Crippen LogP contribution in [0.1, 0.15) is 47.1 Å². The summed E-state index contributed by atoms with van der Waals surface area (Å²) in [5.74, 6) is 0.465. The van der Waals surface area contributed by atoms with Gasteiger partial charge in [0.15, 0.2) is 0 Å². The van der Waals surface area contributed by atoms with Crippen LogP contribution in [0.25, 0.3) is 22.6 Å². The molecule has 1 aliphatic heterocycles. The summed E-state index contributed by atoms with van der Waals surface area (Å²) in [5, 5.41) is 18.3. The highest BCUT2D eigenvalue weighted by Crippen LogP contribution is 2.33. The Morgan fingerprint density at radius 3 is 2.66 bits per heavy atom. The van der Waals surface area contributed by atoms with Crippen molar-refractivity contribution in [2.75, 3.05) is 6.54 Å². The molecule has 2 N–H and O–H groups in total. The Morgan fingerprint density at radius 2 is 1.89 bits per heavy atom. The van der Waals surface area contributed by atoms with Gasteiger partial charge in [0.2, 0.25) is 11.8 Å². The van der Waals surface area contributed by atoms with Crippen LogP contribution in [0.5, 0.6) is 0 Å². The van der Waals surface area contributed by atoms with Crippen molar-refractivity contribution in [2.24, 2.45) is 5.73 Å². The van der Waals surface area contributed by atoms with Crippen LogP contribution in [-0.4, -0.2) is 33.6 Å². The summed E-state index contributed by atoms with van der Waals surface area (Å²) in [6.07, 6.45) is 4.16. The maximum Gasteiger partial charge on any atom is 0.254 e. The second-order valence-corrected chi connectivity index (χ2v) is 9.89. The minimum Gasteiger partial charge on any atom is -0.419 e. The molecule has 1 amide bonds. The van der Waals surface area contributed by atoms with Crippen molar-refractivity contribution in [1.29, 1.82) is 5.26 Å². The van der Waals surface area contributed by atoms with Crippen LogP contribution in [0, 0.1) is 11.3 Å². The molecule has 1 unspecified atom stereocenters. The van der Waals surface area contributed by atoms with Crippen LogP contribution >= 0.6 is 0 Å². The van der Waals surface area contributed by atoms with Crippen molar-refractivity contribution in [3.63, 3.8) is 0 Å². The molecule has 2 heterocycles. The van der Waals surface area contributed by atoms with Crippen LogP contribution in [-0.2, 0) is 12.0 Å². The van der Waals surface area contributed by atoms with Crippen LogP contribution in [0.15, 0.2) is 89.9 Å². The van der Waals surface area contributed by atoms with Crippen LogP contribution < -0.4 is 5.73 Å². The molecule has 2 atom stereocenters. The molecule has 3 aromatic carbocycles. The molecular weight excluding hydrogens is 474 g/mol. The quantitative estimate of drug-likeness (QED) is 0.334. The van der Waals surface area contributed by atoms with E-state index in [-0.39, 0.29) is 17.8 Å². The van der Waals surface area contributed by atoms with Crippen molar-refractivity contribution in [1.82, 2.24) is 15.1 Å². The molecule has 5 rings (SSSR count). The normalized spacial score (nSPS) is 16.6. The number of benzene rings is 3. The highest BCUT2D eigenvalue weighted by Gasteiger charge is 2.30. The van der Waals surface area contributed by atoms with Crippen molar-refractivity contribution in [3.05, 3.63) is 108 Å². The van der Waals surface area contributed by atoms with E-state index in [1.807, 2.05) is 78.6 Å². The van der Waals surface area contributed by atoms with E-state index >= 15 is 0 Å².